The summed E-state index contributed by atoms with van der Waals surface area (Å²) in [5, 5.41) is 1.68. The average molecular weight is 471 g/mol. The second-order valence-corrected chi connectivity index (χ2v) is 10.6. The molecule has 0 aliphatic carbocycles. The minimum Gasteiger partial charge on any atom is -0.358 e. The standard InChI is InChI=1S/C23H23ClN4O3S/c1-13(2)21(26-22-15-5-3-4-6-20(15)32(30,31)27-22)23(29)28-10-9-19-17(12-28)16-11-14(24)7-8-18(16)25-19/h3-8,11,13,21,25H,9-10,12H2,1-2H3,(H,26,27)/t21-/m0/s1. The number of amidine groups is 1. The second kappa shape index (κ2) is 7.64. The number of rotatable bonds is 3. The number of fused-ring (bicyclic) bond motifs is 4. The monoisotopic (exact) mass is 470 g/mol. The van der Waals surface area contributed by atoms with Gasteiger partial charge in [0.1, 0.15) is 11.9 Å². The summed E-state index contributed by atoms with van der Waals surface area (Å²) >= 11 is 6.20. The van der Waals surface area contributed by atoms with E-state index in [1.807, 2.05) is 32.0 Å². The van der Waals surface area contributed by atoms with Gasteiger partial charge in [0.05, 0.1) is 4.90 Å². The molecule has 9 heteroatoms. The molecule has 0 saturated carbocycles. The average Bonchev–Trinajstić information content (AvgIpc) is 3.25. The predicted molar refractivity (Wildman–Crippen MR) is 124 cm³/mol. The molecule has 1 aromatic heterocycles. The Labute approximate surface area is 191 Å². The molecule has 2 aromatic carbocycles. The molecule has 32 heavy (non-hydrogen) atoms. The van der Waals surface area contributed by atoms with E-state index in [4.69, 9.17) is 11.6 Å². The predicted octanol–water partition coefficient (Wildman–Crippen LogP) is 3.47. The van der Waals surface area contributed by atoms with Crippen molar-refractivity contribution in [1.29, 1.82) is 0 Å². The lowest BCUT2D eigenvalue weighted by molar-refractivity contribution is -0.134. The number of halogens is 1. The highest BCUT2D eigenvalue weighted by Crippen LogP contribution is 2.31. The molecule has 0 saturated heterocycles. The second-order valence-electron chi connectivity index (χ2n) is 8.55. The van der Waals surface area contributed by atoms with E-state index in [2.05, 4.69) is 14.7 Å². The molecule has 0 fully saturated rings. The molecule has 1 amide bonds. The van der Waals surface area contributed by atoms with Gasteiger partial charge in [-0.25, -0.2) is 8.42 Å². The molecule has 0 unspecified atom stereocenters. The van der Waals surface area contributed by atoms with Crippen LogP contribution in [-0.4, -0.2) is 42.6 Å². The first kappa shape index (κ1) is 21.0. The van der Waals surface area contributed by atoms with Crippen molar-refractivity contribution in [1.82, 2.24) is 14.6 Å². The first-order chi connectivity index (χ1) is 15.2. The molecule has 1 atom stereocenters. The molecule has 2 N–H and O–H groups in total. The number of sulfonamides is 1. The van der Waals surface area contributed by atoms with E-state index in [9.17, 15) is 13.2 Å². The maximum absolute atomic E-state index is 13.5. The number of carbonyl (C=O) groups excluding carboxylic acids is 1. The number of aromatic amines is 1. The van der Waals surface area contributed by atoms with Crippen LogP contribution in [-0.2, 0) is 27.8 Å². The summed E-state index contributed by atoms with van der Waals surface area (Å²) in [5.41, 5.74) is 3.70. The zero-order valence-electron chi connectivity index (χ0n) is 17.7. The lowest BCUT2D eigenvalue weighted by atomic mass is 9.99. The number of hydrogen-bond acceptors (Lipinski definition) is 4. The Hall–Kier alpha value is -2.84. The van der Waals surface area contributed by atoms with Crippen molar-refractivity contribution >= 4 is 44.3 Å². The Morgan fingerprint density at radius 2 is 1.97 bits per heavy atom. The summed E-state index contributed by atoms with van der Waals surface area (Å²) in [6.07, 6.45) is 0.713. The number of carbonyl (C=O) groups is 1. The number of hydrogen-bond donors (Lipinski definition) is 2. The molecular formula is C23H23ClN4O3S. The van der Waals surface area contributed by atoms with Gasteiger partial charge in [-0.2, -0.15) is 0 Å². The van der Waals surface area contributed by atoms with Crippen LogP contribution in [0.4, 0.5) is 0 Å². The minimum absolute atomic E-state index is 0.105. The molecule has 3 heterocycles. The van der Waals surface area contributed by atoms with Crippen LogP contribution in [0.2, 0.25) is 5.02 Å². The quantitative estimate of drug-likeness (QED) is 0.613. The first-order valence-electron chi connectivity index (χ1n) is 10.5. The lowest BCUT2D eigenvalue weighted by Gasteiger charge is -2.31. The Balaban J connectivity index is 1.47. The summed E-state index contributed by atoms with van der Waals surface area (Å²) < 4.78 is 27.4. The Kier molecular flexibility index (Phi) is 5.02. The minimum atomic E-state index is -3.66. The van der Waals surface area contributed by atoms with E-state index < -0.39 is 16.1 Å². The number of aliphatic imine (C=N–C) groups is 1. The topological polar surface area (TPSA) is 94.6 Å². The van der Waals surface area contributed by atoms with E-state index in [1.165, 1.54) is 0 Å². The number of amides is 1. The molecule has 2 aliphatic heterocycles. The zero-order valence-corrected chi connectivity index (χ0v) is 19.3. The molecule has 5 rings (SSSR count). The third-order valence-corrected chi connectivity index (χ3v) is 7.70. The van der Waals surface area contributed by atoms with E-state index >= 15 is 0 Å². The SMILES string of the molecule is CC(C)[C@H](N=C1NS(=O)(=O)c2ccccc21)C(=O)N1CCc2[nH]c3ccc(Cl)cc3c2C1. The highest BCUT2D eigenvalue weighted by atomic mass is 35.5. The van der Waals surface area contributed by atoms with Crippen LogP contribution in [0, 0.1) is 5.92 Å². The van der Waals surface area contributed by atoms with Crippen molar-refractivity contribution < 1.29 is 13.2 Å². The number of H-pyrrole nitrogens is 1. The molecule has 2 aliphatic rings. The Morgan fingerprint density at radius 1 is 1.19 bits per heavy atom. The van der Waals surface area contributed by atoms with Gasteiger partial charge in [-0.3, -0.25) is 14.5 Å². The van der Waals surface area contributed by atoms with Crippen molar-refractivity contribution in [3.63, 3.8) is 0 Å². The van der Waals surface area contributed by atoms with Crippen molar-refractivity contribution in [3.05, 3.63) is 64.3 Å². The third-order valence-electron chi connectivity index (χ3n) is 6.06. The van der Waals surface area contributed by atoms with Crippen molar-refractivity contribution in [2.24, 2.45) is 10.9 Å². The van der Waals surface area contributed by atoms with E-state index in [-0.39, 0.29) is 22.6 Å². The fourth-order valence-corrected chi connectivity index (χ4v) is 5.83. The maximum atomic E-state index is 13.5. The van der Waals surface area contributed by atoms with E-state index in [1.54, 1.807) is 29.2 Å². The van der Waals surface area contributed by atoms with Gasteiger partial charge in [-0.05, 0) is 36.2 Å². The van der Waals surface area contributed by atoms with Crippen LogP contribution in [0.15, 0.2) is 52.4 Å². The fraction of sp³-hybridized carbons (Fsp3) is 0.304. The van der Waals surface area contributed by atoms with Crippen LogP contribution < -0.4 is 4.72 Å². The van der Waals surface area contributed by atoms with Crippen LogP contribution in [0.3, 0.4) is 0 Å². The fourth-order valence-electron chi connectivity index (χ4n) is 4.42. The van der Waals surface area contributed by atoms with Crippen molar-refractivity contribution in [3.8, 4) is 0 Å². The maximum Gasteiger partial charge on any atom is 0.263 e. The summed E-state index contributed by atoms with van der Waals surface area (Å²) in [6, 6.07) is 11.7. The van der Waals surface area contributed by atoms with Gasteiger partial charge in [0.15, 0.2) is 0 Å². The molecule has 7 nitrogen and oxygen atoms in total. The Bertz CT molecular complexity index is 1380. The summed E-state index contributed by atoms with van der Waals surface area (Å²) in [4.78, 5) is 23.6. The smallest absolute Gasteiger partial charge is 0.263 e. The summed E-state index contributed by atoms with van der Waals surface area (Å²) in [6.45, 7) is 4.87. The van der Waals surface area contributed by atoms with E-state index in [0.717, 1.165) is 22.2 Å². The first-order valence-corrected chi connectivity index (χ1v) is 12.4. The van der Waals surface area contributed by atoms with Crippen LogP contribution in [0.5, 0.6) is 0 Å². The number of nitrogens with one attached hydrogen (secondary N) is 2. The van der Waals surface area contributed by atoms with Crippen LogP contribution in [0.25, 0.3) is 10.9 Å². The summed E-state index contributed by atoms with van der Waals surface area (Å²) in [5.74, 6) is 0.00779. The van der Waals surface area contributed by atoms with Gasteiger partial charge < -0.3 is 9.88 Å². The van der Waals surface area contributed by atoms with Gasteiger partial charge in [0.2, 0.25) is 5.91 Å². The zero-order chi connectivity index (χ0) is 22.6. The third kappa shape index (κ3) is 3.47. The van der Waals surface area contributed by atoms with Crippen LogP contribution >= 0.6 is 11.6 Å². The van der Waals surface area contributed by atoms with Gasteiger partial charge >= 0.3 is 0 Å². The molecule has 0 radical (unpaired) electrons. The van der Waals surface area contributed by atoms with Crippen LogP contribution in [0.1, 0.15) is 30.7 Å². The Morgan fingerprint density at radius 3 is 2.75 bits per heavy atom. The number of aromatic nitrogens is 1. The molecular weight excluding hydrogens is 448 g/mol. The normalized spacial score (nSPS) is 19.1. The lowest BCUT2D eigenvalue weighted by Crippen LogP contribution is -2.44. The van der Waals surface area contributed by atoms with Gasteiger partial charge in [0, 0.05) is 52.3 Å². The summed E-state index contributed by atoms with van der Waals surface area (Å²) in [7, 11) is -3.66. The highest BCUT2D eigenvalue weighted by Gasteiger charge is 2.35. The van der Waals surface area contributed by atoms with Gasteiger partial charge in [-0.1, -0.05) is 37.6 Å². The van der Waals surface area contributed by atoms with Crippen molar-refractivity contribution in [2.75, 3.05) is 6.54 Å². The van der Waals surface area contributed by atoms with Gasteiger partial charge in [-0.15, -0.1) is 0 Å². The van der Waals surface area contributed by atoms with E-state index in [0.29, 0.717) is 30.1 Å². The van der Waals surface area contributed by atoms with Crippen molar-refractivity contribution in [2.45, 2.75) is 37.8 Å². The van der Waals surface area contributed by atoms with Gasteiger partial charge in [0.25, 0.3) is 10.0 Å². The molecule has 166 valence electrons. The molecule has 0 spiro atoms. The number of benzene rings is 2. The molecule has 0 bridgehead atoms. The highest BCUT2D eigenvalue weighted by molar-refractivity contribution is 7.90. The largest absolute Gasteiger partial charge is 0.358 e. The molecule has 3 aromatic rings. The number of nitrogens with zero attached hydrogens (tertiary/aromatic N) is 2.